The third kappa shape index (κ3) is 3.65. The molecule has 0 unspecified atom stereocenters. The molecule has 1 amide bonds. The highest BCUT2D eigenvalue weighted by Gasteiger charge is 2.63. The molecule has 0 spiro atoms. The Balaban J connectivity index is 1.58. The van der Waals surface area contributed by atoms with E-state index in [4.69, 9.17) is 5.73 Å². The maximum Gasteiger partial charge on any atom is 0.255 e. The number of ketones is 2. The number of allylic oxidation sites excluding steroid dienone is 1. The summed E-state index contributed by atoms with van der Waals surface area (Å²) in [5, 5.41) is 47.8. The number of hydrogen-bond acceptors (Lipinski definition) is 9. The first-order valence-electron chi connectivity index (χ1n) is 12.3. The number of aromatic hydroxyl groups is 1. The fourth-order valence-electron chi connectivity index (χ4n) is 6.29. The third-order valence-electron chi connectivity index (χ3n) is 8.00. The Bertz CT molecular complexity index is 1410. The van der Waals surface area contributed by atoms with E-state index in [1.807, 2.05) is 18.3 Å². The van der Waals surface area contributed by atoms with Gasteiger partial charge in [-0.15, -0.1) is 0 Å². The van der Waals surface area contributed by atoms with Crippen molar-refractivity contribution in [2.24, 2.45) is 17.6 Å². The fraction of sp³-hybridized carbons (Fsp3) is 0.370. The molecule has 0 radical (unpaired) electrons. The molecule has 2 aromatic rings. The standard InChI is InChI=1S/C27H30N4O7/c1-31(2)21-16-9-13-8-15-12(10-29-11-14-4-3-7-30-14)5-6-17(32)19(15)22(33)18(13)24(35)27(16,38)25(36)20(23(21)34)26(28)37/h3-7,13,16,21,29-30,32,34-35,38H,8-11H2,1-2H3,(H2,28,37)/t13-,16-,21+,27-/m0/s1. The highest BCUT2D eigenvalue weighted by Crippen LogP contribution is 2.52. The number of hydrogen-bond donors (Lipinski definition) is 7. The number of primary amides is 1. The first-order valence-corrected chi connectivity index (χ1v) is 12.3. The van der Waals surface area contributed by atoms with Crippen molar-refractivity contribution in [2.75, 3.05) is 14.1 Å². The van der Waals surface area contributed by atoms with Gasteiger partial charge in [-0.3, -0.25) is 19.3 Å². The van der Waals surface area contributed by atoms with Gasteiger partial charge < -0.3 is 36.5 Å². The number of fused-ring (bicyclic) bond motifs is 3. The fourth-order valence-corrected chi connectivity index (χ4v) is 6.29. The van der Waals surface area contributed by atoms with Crippen molar-refractivity contribution in [2.45, 2.75) is 37.6 Å². The van der Waals surface area contributed by atoms with Gasteiger partial charge in [0.05, 0.1) is 11.6 Å². The van der Waals surface area contributed by atoms with Crippen molar-refractivity contribution >= 4 is 17.5 Å². The maximum absolute atomic E-state index is 13.7. The number of aliphatic hydroxyl groups is 3. The van der Waals surface area contributed by atoms with Crippen molar-refractivity contribution in [1.82, 2.24) is 15.2 Å². The van der Waals surface area contributed by atoms with Crippen molar-refractivity contribution in [3.8, 4) is 5.75 Å². The van der Waals surface area contributed by atoms with Gasteiger partial charge in [-0.05, 0) is 62.2 Å². The van der Waals surface area contributed by atoms with E-state index in [1.54, 1.807) is 20.2 Å². The van der Waals surface area contributed by atoms with Crippen molar-refractivity contribution in [3.63, 3.8) is 0 Å². The minimum atomic E-state index is -2.64. The molecule has 0 bridgehead atoms. The van der Waals surface area contributed by atoms with Gasteiger partial charge in [0.25, 0.3) is 5.91 Å². The molecule has 11 nitrogen and oxygen atoms in total. The summed E-state index contributed by atoms with van der Waals surface area (Å²) >= 11 is 0. The van der Waals surface area contributed by atoms with Crippen LogP contribution in [0.15, 0.2) is 53.1 Å². The number of nitrogens with one attached hydrogen (secondary N) is 2. The lowest BCUT2D eigenvalue weighted by molar-refractivity contribution is -0.148. The Kier molecular flexibility index (Phi) is 6.17. The number of Topliss-reactive ketones (excluding diaryl/α,β-unsaturated/α-hetero) is 2. The Labute approximate surface area is 218 Å². The van der Waals surface area contributed by atoms with E-state index in [-0.39, 0.29) is 29.7 Å². The molecule has 200 valence electrons. The summed E-state index contributed by atoms with van der Waals surface area (Å²) in [4.78, 5) is 43.7. The van der Waals surface area contributed by atoms with E-state index in [2.05, 4.69) is 10.3 Å². The van der Waals surface area contributed by atoms with Gasteiger partial charge in [-0.25, -0.2) is 0 Å². The number of likely N-dealkylation sites (N-methyl/N-ethyl adjacent to an activating group) is 1. The molecule has 1 aromatic heterocycles. The molecule has 5 rings (SSSR count). The molecule has 8 N–H and O–H groups in total. The van der Waals surface area contributed by atoms with E-state index in [0.717, 1.165) is 11.3 Å². The van der Waals surface area contributed by atoms with E-state index in [9.17, 15) is 34.8 Å². The molecule has 0 saturated carbocycles. The van der Waals surface area contributed by atoms with Crippen LogP contribution in [0, 0.1) is 11.8 Å². The number of H-pyrrole nitrogens is 1. The van der Waals surface area contributed by atoms with E-state index >= 15 is 0 Å². The van der Waals surface area contributed by atoms with Gasteiger partial charge in [0.2, 0.25) is 5.78 Å². The van der Waals surface area contributed by atoms with Crippen LogP contribution in [0.5, 0.6) is 5.75 Å². The van der Waals surface area contributed by atoms with E-state index < -0.39 is 58.0 Å². The van der Waals surface area contributed by atoms with Crippen molar-refractivity contribution in [3.05, 3.63) is 75.5 Å². The quantitative estimate of drug-likeness (QED) is 0.268. The van der Waals surface area contributed by atoms with Crippen molar-refractivity contribution < 1.29 is 34.8 Å². The summed E-state index contributed by atoms with van der Waals surface area (Å²) < 4.78 is 0. The number of phenols is 1. The average molecular weight is 523 g/mol. The van der Waals surface area contributed by atoms with Crippen LogP contribution in [0.4, 0.5) is 0 Å². The second-order valence-corrected chi connectivity index (χ2v) is 10.4. The molecule has 0 fully saturated rings. The minimum Gasteiger partial charge on any atom is -0.510 e. The molecule has 38 heavy (non-hydrogen) atoms. The van der Waals surface area contributed by atoms with Crippen LogP contribution in [-0.4, -0.2) is 73.5 Å². The van der Waals surface area contributed by atoms with Crippen LogP contribution in [-0.2, 0) is 29.1 Å². The predicted octanol–water partition coefficient (Wildman–Crippen LogP) is 0.739. The van der Waals surface area contributed by atoms with Gasteiger partial charge in [0, 0.05) is 36.5 Å². The van der Waals surface area contributed by atoms with Gasteiger partial charge in [0.1, 0.15) is 22.8 Å². The number of aromatic amines is 1. The van der Waals surface area contributed by atoms with Crippen LogP contribution in [0.25, 0.3) is 0 Å². The lowest BCUT2D eigenvalue weighted by Gasteiger charge is -2.50. The number of nitrogens with zero attached hydrogens (tertiary/aromatic N) is 1. The van der Waals surface area contributed by atoms with Gasteiger partial charge in [0.15, 0.2) is 11.4 Å². The molecular formula is C27H30N4O7. The number of phenolic OH excluding ortho intramolecular Hbond substituents is 1. The number of aromatic nitrogens is 1. The molecule has 3 aliphatic carbocycles. The molecule has 1 aromatic carbocycles. The summed E-state index contributed by atoms with van der Waals surface area (Å²) in [5.74, 6) is -6.59. The zero-order valence-corrected chi connectivity index (χ0v) is 21.0. The minimum absolute atomic E-state index is 0.00459. The number of aliphatic hydroxyl groups excluding tert-OH is 2. The van der Waals surface area contributed by atoms with Gasteiger partial charge >= 0.3 is 0 Å². The summed E-state index contributed by atoms with van der Waals surface area (Å²) in [6.45, 7) is 0.964. The number of rotatable bonds is 6. The molecule has 4 atom stereocenters. The van der Waals surface area contributed by atoms with E-state index in [0.29, 0.717) is 18.7 Å². The first kappa shape index (κ1) is 25.7. The normalized spacial score (nSPS) is 26.9. The average Bonchev–Trinajstić information content (AvgIpc) is 3.36. The number of carbonyl (C=O) groups excluding carboxylic acids is 3. The zero-order chi connectivity index (χ0) is 27.5. The SMILES string of the molecule is CN(C)[C@H]1C(O)=C(C(N)=O)C(=O)[C@@]2(O)C(O)=C3C(=O)c4c(O)ccc(CNCc5ccc[nH]5)c4C[C@H]3C[C@@H]12. The summed E-state index contributed by atoms with van der Waals surface area (Å²) in [6.07, 6.45) is 2.12. The highest BCUT2D eigenvalue weighted by molar-refractivity contribution is 6.24. The Morgan fingerprint density at radius 3 is 2.55 bits per heavy atom. The number of benzene rings is 1. The van der Waals surface area contributed by atoms with Crippen LogP contribution in [0.3, 0.4) is 0 Å². The predicted molar refractivity (Wildman–Crippen MR) is 135 cm³/mol. The van der Waals surface area contributed by atoms with Crippen LogP contribution >= 0.6 is 0 Å². The van der Waals surface area contributed by atoms with Crippen molar-refractivity contribution in [1.29, 1.82) is 0 Å². The largest absolute Gasteiger partial charge is 0.510 e. The maximum atomic E-state index is 13.7. The molecule has 3 aliphatic rings. The summed E-state index contributed by atoms with van der Waals surface area (Å²) in [7, 11) is 3.19. The van der Waals surface area contributed by atoms with Crippen LogP contribution in [0.1, 0.15) is 33.6 Å². The second-order valence-electron chi connectivity index (χ2n) is 10.4. The second kappa shape index (κ2) is 9.12. The van der Waals surface area contributed by atoms with Gasteiger partial charge in [-0.2, -0.15) is 0 Å². The number of nitrogens with two attached hydrogens (primary N) is 1. The molecule has 0 saturated heterocycles. The van der Waals surface area contributed by atoms with E-state index in [1.165, 1.54) is 11.0 Å². The lowest BCUT2D eigenvalue weighted by atomic mass is 9.58. The molecular weight excluding hydrogens is 492 g/mol. The highest BCUT2D eigenvalue weighted by atomic mass is 16.3. The number of carbonyl (C=O) groups is 3. The molecule has 0 aliphatic heterocycles. The van der Waals surface area contributed by atoms with Gasteiger partial charge in [-0.1, -0.05) is 6.07 Å². The molecule has 11 heteroatoms. The Hall–Kier alpha value is -3.93. The third-order valence-corrected chi connectivity index (χ3v) is 8.00. The first-order chi connectivity index (χ1) is 18.0. The van der Waals surface area contributed by atoms with Crippen LogP contribution in [0.2, 0.25) is 0 Å². The van der Waals surface area contributed by atoms with Crippen LogP contribution < -0.4 is 11.1 Å². The topological polar surface area (TPSA) is 189 Å². The monoisotopic (exact) mass is 522 g/mol. The Morgan fingerprint density at radius 1 is 1.18 bits per heavy atom. The smallest absolute Gasteiger partial charge is 0.255 e. The lowest BCUT2D eigenvalue weighted by Crippen LogP contribution is -2.63. The molecule has 1 heterocycles. The summed E-state index contributed by atoms with van der Waals surface area (Å²) in [5.41, 5.74) is 4.11. The summed E-state index contributed by atoms with van der Waals surface area (Å²) in [6, 6.07) is 5.94. The Morgan fingerprint density at radius 2 is 1.92 bits per heavy atom. The number of amides is 1. The zero-order valence-electron chi connectivity index (χ0n) is 21.0.